The van der Waals surface area contributed by atoms with E-state index in [4.69, 9.17) is 26.3 Å². The predicted molar refractivity (Wildman–Crippen MR) is 73.5 cm³/mol. The van der Waals surface area contributed by atoms with Crippen LogP contribution in [0.15, 0.2) is 36.4 Å². The molecule has 0 aliphatic heterocycles. The molecule has 2 rings (SSSR count). The lowest BCUT2D eigenvalue weighted by atomic mass is 10.1. The number of benzene rings is 2. The van der Waals surface area contributed by atoms with Crippen molar-refractivity contribution in [2.45, 2.75) is 6.61 Å². The van der Waals surface area contributed by atoms with Gasteiger partial charge < -0.3 is 9.47 Å². The van der Waals surface area contributed by atoms with Crippen LogP contribution in [0.5, 0.6) is 11.5 Å². The van der Waals surface area contributed by atoms with Gasteiger partial charge in [0.25, 0.3) is 0 Å². The number of methoxy groups -OCH3 is 1. The third-order valence-electron chi connectivity index (χ3n) is 2.69. The van der Waals surface area contributed by atoms with Gasteiger partial charge in [0.1, 0.15) is 18.4 Å². The van der Waals surface area contributed by atoms with Crippen molar-refractivity contribution in [2.24, 2.45) is 0 Å². The van der Waals surface area contributed by atoms with E-state index < -0.39 is 5.82 Å². The molecule has 0 unspecified atom stereocenters. The van der Waals surface area contributed by atoms with E-state index in [-0.39, 0.29) is 17.4 Å². The maximum Gasteiger partial charge on any atom is 0.174 e. The molecule has 0 aliphatic carbocycles. The quantitative estimate of drug-likeness (QED) is 0.857. The minimum atomic E-state index is -0.516. The van der Waals surface area contributed by atoms with Crippen LogP contribution in [0, 0.1) is 17.1 Å². The largest absolute Gasteiger partial charge is 0.495 e. The molecule has 102 valence electrons. The number of nitriles is 1. The Morgan fingerprint density at radius 2 is 2.10 bits per heavy atom. The number of hydrogen-bond donors (Lipinski definition) is 0. The second kappa shape index (κ2) is 6.27. The molecule has 3 nitrogen and oxygen atoms in total. The van der Waals surface area contributed by atoms with Crippen LogP contribution < -0.4 is 9.47 Å². The first kappa shape index (κ1) is 14.2. The van der Waals surface area contributed by atoms with Crippen LogP contribution in [0.3, 0.4) is 0 Å². The fourth-order valence-corrected chi connectivity index (χ4v) is 1.91. The van der Waals surface area contributed by atoms with Gasteiger partial charge in [-0.15, -0.1) is 0 Å². The summed E-state index contributed by atoms with van der Waals surface area (Å²) in [4.78, 5) is 0. The number of rotatable bonds is 4. The van der Waals surface area contributed by atoms with Crippen LogP contribution in [-0.4, -0.2) is 7.11 Å². The van der Waals surface area contributed by atoms with E-state index in [9.17, 15) is 4.39 Å². The Labute approximate surface area is 121 Å². The lowest BCUT2D eigenvalue weighted by Crippen LogP contribution is -1.99. The van der Waals surface area contributed by atoms with Gasteiger partial charge in [-0.2, -0.15) is 5.26 Å². The Kier molecular flexibility index (Phi) is 4.44. The van der Waals surface area contributed by atoms with Gasteiger partial charge in [0.15, 0.2) is 11.6 Å². The van der Waals surface area contributed by atoms with Crippen molar-refractivity contribution in [1.29, 1.82) is 5.26 Å². The predicted octanol–water partition coefficient (Wildman–Crippen LogP) is 3.94. The summed E-state index contributed by atoms with van der Waals surface area (Å²) in [6.07, 6.45) is 0. The van der Waals surface area contributed by atoms with Gasteiger partial charge in [-0.05, 0) is 29.8 Å². The summed E-state index contributed by atoms with van der Waals surface area (Å²) < 4.78 is 24.0. The van der Waals surface area contributed by atoms with Crippen LogP contribution in [0.2, 0.25) is 5.02 Å². The minimum Gasteiger partial charge on any atom is -0.495 e. The van der Waals surface area contributed by atoms with Crippen molar-refractivity contribution in [3.8, 4) is 17.6 Å². The van der Waals surface area contributed by atoms with E-state index in [1.54, 1.807) is 24.3 Å². The van der Waals surface area contributed by atoms with Crippen LogP contribution in [0.4, 0.5) is 4.39 Å². The molecular weight excluding hydrogens is 281 g/mol. The normalized spacial score (nSPS) is 9.90. The lowest BCUT2D eigenvalue weighted by molar-refractivity contribution is 0.289. The highest BCUT2D eigenvalue weighted by atomic mass is 35.5. The Morgan fingerprint density at radius 3 is 2.75 bits per heavy atom. The Bertz CT molecular complexity index is 647. The Balaban J connectivity index is 2.18. The maximum atomic E-state index is 13.5. The van der Waals surface area contributed by atoms with Crippen molar-refractivity contribution in [3.63, 3.8) is 0 Å². The summed E-state index contributed by atoms with van der Waals surface area (Å²) in [6, 6.07) is 11.4. The van der Waals surface area contributed by atoms with Crippen molar-refractivity contribution in [3.05, 3.63) is 58.4 Å². The second-order valence-electron chi connectivity index (χ2n) is 3.99. The van der Waals surface area contributed by atoms with Crippen molar-refractivity contribution in [1.82, 2.24) is 0 Å². The van der Waals surface area contributed by atoms with E-state index in [2.05, 4.69) is 0 Å². The number of para-hydroxylation sites is 1. The fraction of sp³-hybridized carbons (Fsp3) is 0.133. The van der Waals surface area contributed by atoms with E-state index in [1.165, 1.54) is 19.2 Å². The third-order valence-corrected chi connectivity index (χ3v) is 2.99. The van der Waals surface area contributed by atoms with Crippen molar-refractivity contribution >= 4 is 11.6 Å². The van der Waals surface area contributed by atoms with E-state index in [0.717, 1.165) is 5.56 Å². The molecule has 5 heteroatoms. The molecule has 0 amide bonds. The third kappa shape index (κ3) is 3.01. The van der Waals surface area contributed by atoms with Gasteiger partial charge in [0, 0.05) is 0 Å². The first-order valence-corrected chi connectivity index (χ1v) is 6.17. The first-order valence-electron chi connectivity index (χ1n) is 5.79. The molecule has 0 aliphatic rings. The number of nitrogens with zero attached hydrogens (tertiary/aromatic N) is 1. The zero-order valence-corrected chi connectivity index (χ0v) is 11.4. The topological polar surface area (TPSA) is 42.2 Å². The molecule has 2 aromatic rings. The monoisotopic (exact) mass is 291 g/mol. The zero-order valence-electron chi connectivity index (χ0n) is 10.7. The lowest BCUT2D eigenvalue weighted by Gasteiger charge is -2.10. The van der Waals surface area contributed by atoms with Crippen LogP contribution >= 0.6 is 11.6 Å². The molecular formula is C15H11ClFNO2. The smallest absolute Gasteiger partial charge is 0.174 e. The average molecular weight is 292 g/mol. The van der Waals surface area contributed by atoms with Gasteiger partial charge in [0.2, 0.25) is 0 Å². The van der Waals surface area contributed by atoms with Crippen molar-refractivity contribution in [2.75, 3.05) is 7.11 Å². The van der Waals surface area contributed by atoms with Gasteiger partial charge in [-0.1, -0.05) is 23.7 Å². The minimum absolute atomic E-state index is 0.0116. The summed E-state index contributed by atoms with van der Waals surface area (Å²) in [5.41, 5.74) is 1.18. The first-order chi connectivity index (χ1) is 9.65. The number of halogens is 2. The second-order valence-corrected chi connectivity index (χ2v) is 4.39. The highest BCUT2D eigenvalue weighted by Crippen LogP contribution is 2.28. The van der Waals surface area contributed by atoms with Crippen LogP contribution in [0.1, 0.15) is 11.1 Å². The molecule has 0 aromatic heterocycles. The fourth-order valence-electron chi connectivity index (χ4n) is 1.69. The van der Waals surface area contributed by atoms with E-state index in [1.807, 2.05) is 6.07 Å². The van der Waals surface area contributed by atoms with Gasteiger partial charge in [-0.25, -0.2) is 4.39 Å². The van der Waals surface area contributed by atoms with Gasteiger partial charge in [0.05, 0.1) is 17.7 Å². The van der Waals surface area contributed by atoms with E-state index in [0.29, 0.717) is 11.3 Å². The number of hydrogen-bond acceptors (Lipinski definition) is 3. The zero-order chi connectivity index (χ0) is 14.5. The van der Waals surface area contributed by atoms with E-state index >= 15 is 0 Å². The summed E-state index contributed by atoms with van der Waals surface area (Å²) in [5.74, 6) is -0.0520. The number of ether oxygens (including phenoxy) is 2. The average Bonchev–Trinajstić information content (AvgIpc) is 2.46. The molecule has 0 heterocycles. The molecule has 0 radical (unpaired) electrons. The molecule has 0 bridgehead atoms. The Morgan fingerprint density at radius 1 is 1.30 bits per heavy atom. The standard InChI is InChI=1S/C15H11ClFNO2/c1-19-14-7-10(5-6-11(14)8-18)9-20-15-12(16)3-2-4-13(15)17/h2-7H,9H2,1H3. The summed E-state index contributed by atoms with van der Waals surface area (Å²) >= 11 is 5.87. The highest BCUT2D eigenvalue weighted by molar-refractivity contribution is 6.32. The van der Waals surface area contributed by atoms with Crippen LogP contribution in [0.25, 0.3) is 0 Å². The summed E-state index contributed by atoms with van der Waals surface area (Å²) in [6.45, 7) is 0.128. The summed E-state index contributed by atoms with van der Waals surface area (Å²) in [5, 5.41) is 9.11. The van der Waals surface area contributed by atoms with Crippen LogP contribution in [-0.2, 0) is 6.61 Å². The molecule has 0 saturated carbocycles. The van der Waals surface area contributed by atoms with Gasteiger partial charge in [-0.3, -0.25) is 0 Å². The summed E-state index contributed by atoms with van der Waals surface area (Å²) in [7, 11) is 1.48. The molecule has 0 spiro atoms. The maximum absolute atomic E-state index is 13.5. The molecule has 2 aromatic carbocycles. The van der Waals surface area contributed by atoms with Gasteiger partial charge >= 0.3 is 0 Å². The molecule has 0 atom stereocenters. The molecule has 0 fully saturated rings. The van der Waals surface area contributed by atoms with Crippen molar-refractivity contribution < 1.29 is 13.9 Å². The Hall–Kier alpha value is -2.25. The molecule has 20 heavy (non-hydrogen) atoms. The molecule has 0 N–H and O–H groups in total. The highest BCUT2D eigenvalue weighted by Gasteiger charge is 2.09. The SMILES string of the molecule is COc1cc(COc2c(F)cccc2Cl)ccc1C#N. The molecule has 0 saturated heterocycles.